The van der Waals surface area contributed by atoms with E-state index in [0.717, 1.165) is 44.2 Å². The van der Waals surface area contributed by atoms with Crippen LogP contribution in [-0.2, 0) is 20.4 Å². The van der Waals surface area contributed by atoms with Gasteiger partial charge in [-0.1, -0.05) is 50.8 Å². The molecule has 0 bridgehead atoms. The summed E-state index contributed by atoms with van der Waals surface area (Å²) in [6.07, 6.45) is -0.464. The number of carbonyl (C=O) groups is 2. The summed E-state index contributed by atoms with van der Waals surface area (Å²) in [6.45, 7) is 1.40. The van der Waals surface area contributed by atoms with Gasteiger partial charge in [0.15, 0.2) is 0 Å². The normalized spacial score (nSPS) is 12.1. The lowest BCUT2D eigenvalue weighted by Crippen LogP contribution is -2.25. The number of rotatable bonds is 13. The van der Waals surface area contributed by atoms with E-state index >= 15 is 0 Å². The Bertz CT molecular complexity index is 933. The summed E-state index contributed by atoms with van der Waals surface area (Å²) in [5.74, 6) is -1.20. The molecule has 0 amide bonds. The fraction of sp³-hybridized carbons (Fsp3) is 0.440. The molecule has 0 radical (unpaired) electrons. The number of halogens is 3. The van der Waals surface area contributed by atoms with Crippen LogP contribution in [0.5, 0.6) is 0 Å². The van der Waals surface area contributed by atoms with Gasteiger partial charge >= 0.3 is 18.1 Å². The minimum atomic E-state index is -4.50. The highest BCUT2D eigenvalue weighted by Gasteiger charge is 2.30. The summed E-state index contributed by atoms with van der Waals surface area (Å²) in [7, 11) is 0. The number of anilines is 2. The molecule has 0 aliphatic carbocycles. The Labute approximate surface area is 197 Å². The molecule has 6 nitrogen and oxygen atoms in total. The number of para-hydroxylation sites is 1. The Balaban J connectivity index is 1.85. The number of hydrogen-bond acceptors (Lipinski definition) is 6. The van der Waals surface area contributed by atoms with Crippen LogP contribution < -0.4 is 5.32 Å². The van der Waals surface area contributed by atoms with Crippen molar-refractivity contribution in [3.8, 4) is 0 Å². The largest absolute Gasteiger partial charge is 0.463 e. The number of aliphatic hydroxyl groups is 1. The maximum atomic E-state index is 13.0. The summed E-state index contributed by atoms with van der Waals surface area (Å²) in [6, 6.07) is 10.7. The van der Waals surface area contributed by atoms with E-state index in [1.54, 1.807) is 12.1 Å². The summed E-state index contributed by atoms with van der Waals surface area (Å²) in [4.78, 5) is 24.2. The topological polar surface area (TPSA) is 84.9 Å². The Morgan fingerprint density at radius 2 is 1.68 bits per heavy atom. The van der Waals surface area contributed by atoms with Crippen LogP contribution in [0.2, 0.25) is 0 Å². The molecule has 2 aromatic rings. The molecular formula is C25H30F3NO5. The fourth-order valence-electron chi connectivity index (χ4n) is 3.13. The number of nitrogens with one attached hydrogen (secondary N) is 1. The first-order chi connectivity index (χ1) is 16.2. The lowest BCUT2D eigenvalue weighted by Gasteiger charge is -2.15. The standard InChI is InChI=1S/C25H30F3NO5/c1-2-3-4-5-6-14-23(31)33-16-20(30)17-34-24(32)21-12-7-8-13-22(21)29-19-11-9-10-18(15-19)25(26,27)28/h7-13,15,20,29-30H,2-6,14,16-17H2,1H3. The smallest absolute Gasteiger partial charge is 0.416 e. The van der Waals surface area contributed by atoms with Crippen LogP contribution in [0.1, 0.15) is 61.4 Å². The van der Waals surface area contributed by atoms with Crippen molar-refractivity contribution in [3.05, 3.63) is 59.7 Å². The SMILES string of the molecule is CCCCCCCC(=O)OCC(O)COC(=O)c1ccccc1Nc1cccc(C(F)(F)F)c1. The van der Waals surface area contributed by atoms with Crippen molar-refractivity contribution in [2.45, 2.75) is 57.7 Å². The Morgan fingerprint density at radius 3 is 2.41 bits per heavy atom. The van der Waals surface area contributed by atoms with E-state index in [9.17, 15) is 27.9 Å². The van der Waals surface area contributed by atoms with E-state index in [4.69, 9.17) is 9.47 Å². The zero-order valence-electron chi connectivity index (χ0n) is 19.1. The molecule has 0 saturated carbocycles. The average Bonchev–Trinajstić information content (AvgIpc) is 2.81. The van der Waals surface area contributed by atoms with E-state index in [1.165, 1.54) is 24.3 Å². The molecule has 2 N–H and O–H groups in total. The number of unbranched alkanes of at least 4 members (excludes halogenated alkanes) is 4. The van der Waals surface area contributed by atoms with E-state index in [2.05, 4.69) is 12.2 Å². The third-order valence-corrected chi connectivity index (χ3v) is 4.94. The van der Waals surface area contributed by atoms with Gasteiger partial charge in [-0.2, -0.15) is 13.2 Å². The molecule has 0 aliphatic heterocycles. The molecule has 0 fully saturated rings. The van der Waals surface area contributed by atoms with Crippen molar-refractivity contribution >= 4 is 23.3 Å². The quantitative estimate of drug-likeness (QED) is 0.275. The lowest BCUT2D eigenvalue weighted by atomic mass is 10.1. The Kier molecular flexibility index (Phi) is 10.9. The Hall–Kier alpha value is -3.07. The van der Waals surface area contributed by atoms with E-state index < -0.39 is 36.4 Å². The van der Waals surface area contributed by atoms with Gasteiger partial charge in [0.05, 0.1) is 16.8 Å². The number of hydrogen-bond donors (Lipinski definition) is 2. The lowest BCUT2D eigenvalue weighted by molar-refractivity contribution is -0.147. The van der Waals surface area contributed by atoms with Gasteiger partial charge in [0.2, 0.25) is 0 Å². The van der Waals surface area contributed by atoms with Crippen LogP contribution in [0.25, 0.3) is 0 Å². The van der Waals surface area contributed by atoms with Crippen molar-refractivity contribution < 1.29 is 37.3 Å². The maximum absolute atomic E-state index is 13.0. The first-order valence-electron chi connectivity index (χ1n) is 11.2. The molecule has 1 unspecified atom stereocenters. The highest BCUT2D eigenvalue weighted by molar-refractivity contribution is 5.96. The summed E-state index contributed by atoms with van der Waals surface area (Å²) in [5, 5.41) is 12.8. The van der Waals surface area contributed by atoms with Crippen LogP contribution in [-0.4, -0.2) is 36.4 Å². The predicted molar refractivity (Wildman–Crippen MR) is 122 cm³/mol. The molecule has 0 aliphatic rings. The molecule has 9 heteroatoms. The zero-order valence-corrected chi connectivity index (χ0v) is 19.1. The Morgan fingerprint density at radius 1 is 0.971 bits per heavy atom. The highest BCUT2D eigenvalue weighted by Crippen LogP contribution is 2.32. The minimum Gasteiger partial charge on any atom is -0.463 e. The maximum Gasteiger partial charge on any atom is 0.416 e. The molecule has 0 saturated heterocycles. The van der Waals surface area contributed by atoms with Gasteiger partial charge in [-0.3, -0.25) is 4.79 Å². The third-order valence-electron chi connectivity index (χ3n) is 4.94. The van der Waals surface area contributed by atoms with Gasteiger partial charge in [-0.25, -0.2) is 4.79 Å². The monoisotopic (exact) mass is 481 g/mol. The third kappa shape index (κ3) is 9.43. The van der Waals surface area contributed by atoms with Crippen molar-refractivity contribution in [3.63, 3.8) is 0 Å². The first-order valence-corrected chi connectivity index (χ1v) is 11.2. The van der Waals surface area contributed by atoms with Crippen molar-refractivity contribution in [1.82, 2.24) is 0 Å². The summed E-state index contributed by atoms with van der Waals surface area (Å²) in [5.41, 5.74) is -0.347. The molecule has 186 valence electrons. The molecule has 2 rings (SSSR count). The van der Waals surface area contributed by atoms with Gasteiger partial charge in [-0.15, -0.1) is 0 Å². The van der Waals surface area contributed by atoms with Crippen LogP contribution in [0.3, 0.4) is 0 Å². The second-order valence-electron chi connectivity index (χ2n) is 7.85. The van der Waals surface area contributed by atoms with Crippen molar-refractivity contribution in [2.75, 3.05) is 18.5 Å². The second-order valence-corrected chi connectivity index (χ2v) is 7.85. The van der Waals surface area contributed by atoms with Gasteiger partial charge < -0.3 is 19.9 Å². The molecule has 0 spiro atoms. The number of esters is 2. The number of aliphatic hydroxyl groups excluding tert-OH is 1. The van der Waals surface area contributed by atoms with Crippen LogP contribution >= 0.6 is 0 Å². The van der Waals surface area contributed by atoms with Crippen LogP contribution in [0.15, 0.2) is 48.5 Å². The summed E-state index contributed by atoms with van der Waals surface area (Å²) >= 11 is 0. The molecule has 2 aromatic carbocycles. The number of benzene rings is 2. The van der Waals surface area contributed by atoms with E-state index in [1.807, 2.05) is 0 Å². The van der Waals surface area contributed by atoms with Crippen LogP contribution in [0.4, 0.5) is 24.5 Å². The molecule has 0 heterocycles. The van der Waals surface area contributed by atoms with E-state index in [0.29, 0.717) is 0 Å². The highest BCUT2D eigenvalue weighted by atomic mass is 19.4. The number of ether oxygens (including phenoxy) is 2. The van der Waals surface area contributed by atoms with Gasteiger partial charge in [0.1, 0.15) is 19.3 Å². The molecule has 34 heavy (non-hydrogen) atoms. The average molecular weight is 482 g/mol. The minimum absolute atomic E-state index is 0.0798. The number of alkyl halides is 3. The second kappa shape index (κ2) is 13.6. The number of carbonyl (C=O) groups excluding carboxylic acids is 2. The van der Waals surface area contributed by atoms with Gasteiger partial charge in [0, 0.05) is 12.1 Å². The first kappa shape index (κ1) is 27.2. The summed E-state index contributed by atoms with van der Waals surface area (Å²) < 4.78 is 49.0. The van der Waals surface area contributed by atoms with Crippen molar-refractivity contribution in [2.24, 2.45) is 0 Å². The molecule has 1 atom stereocenters. The van der Waals surface area contributed by atoms with Crippen molar-refractivity contribution in [1.29, 1.82) is 0 Å². The zero-order chi connectivity index (χ0) is 25.0. The fourth-order valence-corrected chi connectivity index (χ4v) is 3.13. The molecular weight excluding hydrogens is 451 g/mol. The molecule has 0 aromatic heterocycles. The van der Waals surface area contributed by atoms with Gasteiger partial charge in [0.25, 0.3) is 0 Å². The van der Waals surface area contributed by atoms with Crippen LogP contribution in [0, 0.1) is 0 Å². The van der Waals surface area contributed by atoms with E-state index in [-0.39, 0.29) is 30.0 Å². The van der Waals surface area contributed by atoms with Gasteiger partial charge in [-0.05, 0) is 36.8 Å². The predicted octanol–water partition coefficient (Wildman–Crippen LogP) is 5.87.